The Kier molecular flexibility index (Phi) is 1.74. The van der Waals surface area contributed by atoms with E-state index in [1.54, 1.807) is 6.07 Å². The highest BCUT2D eigenvalue weighted by Crippen LogP contribution is 2.32. The summed E-state index contributed by atoms with van der Waals surface area (Å²) in [5.74, 6) is 0. The third kappa shape index (κ3) is 1.07. The molecule has 0 bridgehead atoms. The zero-order chi connectivity index (χ0) is 8.55. The standard InChI is InChI=1S/C7H5NO2S2/c9-7-6(8(10)4-12-7)5-2-1-3-11-5/h1-4,9H. The number of thiophene rings is 1. The van der Waals surface area contributed by atoms with Crippen molar-refractivity contribution < 1.29 is 9.84 Å². The Morgan fingerprint density at radius 1 is 1.42 bits per heavy atom. The summed E-state index contributed by atoms with van der Waals surface area (Å²) in [6.07, 6.45) is 0. The average molecular weight is 199 g/mol. The molecule has 0 aromatic carbocycles. The molecule has 0 amide bonds. The Morgan fingerprint density at radius 2 is 2.25 bits per heavy atom. The van der Waals surface area contributed by atoms with E-state index in [0.29, 0.717) is 10.4 Å². The van der Waals surface area contributed by atoms with Crippen molar-refractivity contribution in [3.05, 3.63) is 28.2 Å². The maximum absolute atomic E-state index is 11.1. The first-order chi connectivity index (χ1) is 5.79. The second-order valence-electron chi connectivity index (χ2n) is 2.18. The van der Waals surface area contributed by atoms with Crippen LogP contribution in [-0.2, 0) is 0 Å². The van der Waals surface area contributed by atoms with Crippen molar-refractivity contribution >= 4 is 22.7 Å². The summed E-state index contributed by atoms with van der Waals surface area (Å²) in [6, 6.07) is 3.65. The lowest BCUT2D eigenvalue weighted by molar-refractivity contribution is -0.588. The van der Waals surface area contributed by atoms with Gasteiger partial charge in [-0.3, -0.25) is 0 Å². The smallest absolute Gasteiger partial charge is 0.287 e. The minimum Gasteiger partial charge on any atom is -0.618 e. The number of nitrogens with zero attached hydrogens (tertiary/aromatic N) is 1. The Labute approximate surface area is 76.7 Å². The van der Waals surface area contributed by atoms with E-state index in [2.05, 4.69) is 0 Å². The normalized spacial score (nSPS) is 10.3. The summed E-state index contributed by atoms with van der Waals surface area (Å²) in [5, 5.41) is 22.4. The molecule has 0 saturated heterocycles. The first kappa shape index (κ1) is 7.57. The highest BCUT2D eigenvalue weighted by atomic mass is 32.1. The van der Waals surface area contributed by atoms with Gasteiger partial charge in [0, 0.05) is 0 Å². The molecular formula is C7H5NO2S2. The molecule has 0 aliphatic rings. The fourth-order valence-electron chi connectivity index (χ4n) is 0.928. The number of aromatic hydroxyl groups is 1. The van der Waals surface area contributed by atoms with Crippen LogP contribution in [0.2, 0.25) is 0 Å². The van der Waals surface area contributed by atoms with Gasteiger partial charge >= 0.3 is 0 Å². The van der Waals surface area contributed by atoms with Crippen LogP contribution in [0.25, 0.3) is 10.6 Å². The molecule has 2 aromatic heterocycles. The Hall–Kier alpha value is -1.07. The highest BCUT2D eigenvalue weighted by Gasteiger charge is 2.17. The summed E-state index contributed by atoms with van der Waals surface area (Å²) in [4.78, 5) is 0.795. The van der Waals surface area contributed by atoms with Crippen LogP contribution in [0, 0.1) is 5.21 Å². The van der Waals surface area contributed by atoms with E-state index in [1.165, 1.54) is 16.8 Å². The maximum atomic E-state index is 11.1. The quantitative estimate of drug-likeness (QED) is 0.562. The van der Waals surface area contributed by atoms with Crippen molar-refractivity contribution in [1.82, 2.24) is 0 Å². The minimum atomic E-state index is 0.0763. The van der Waals surface area contributed by atoms with E-state index in [4.69, 9.17) is 0 Å². The van der Waals surface area contributed by atoms with E-state index < -0.39 is 0 Å². The van der Waals surface area contributed by atoms with Crippen LogP contribution in [0.3, 0.4) is 0 Å². The van der Waals surface area contributed by atoms with Crippen LogP contribution in [0.5, 0.6) is 5.06 Å². The SMILES string of the molecule is [O-][n+]1csc(O)c1-c1cccs1. The van der Waals surface area contributed by atoms with Crippen molar-refractivity contribution in [3.8, 4) is 15.6 Å². The monoisotopic (exact) mass is 199 g/mol. The topological polar surface area (TPSA) is 47.2 Å². The third-order valence-electron chi connectivity index (χ3n) is 1.44. The van der Waals surface area contributed by atoms with Crippen molar-refractivity contribution in [2.24, 2.45) is 0 Å². The van der Waals surface area contributed by atoms with Crippen molar-refractivity contribution in [1.29, 1.82) is 0 Å². The molecule has 2 rings (SSSR count). The van der Waals surface area contributed by atoms with Gasteiger partial charge in [-0.25, -0.2) is 0 Å². The summed E-state index contributed by atoms with van der Waals surface area (Å²) in [6.45, 7) is 0. The molecule has 0 atom stereocenters. The number of rotatable bonds is 1. The lowest BCUT2D eigenvalue weighted by Crippen LogP contribution is -2.24. The van der Waals surface area contributed by atoms with E-state index in [-0.39, 0.29) is 5.06 Å². The fraction of sp³-hybridized carbons (Fsp3) is 0. The third-order valence-corrected chi connectivity index (χ3v) is 3.03. The van der Waals surface area contributed by atoms with Crippen LogP contribution in [0.1, 0.15) is 0 Å². The van der Waals surface area contributed by atoms with E-state index in [1.807, 2.05) is 11.4 Å². The van der Waals surface area contributed by atoms with Gasteiger partial charge in [-0.2, -0.15) is 4.73 Å². The van der Waals surface area contributed by atoms with Crippen LogP contribution in [0.4, 0.5) is 0 Å². The summed E-state index contributed by atoms with van der Waals surface area (Å²) < 4.78 is 0.686. The van der Waals surface area contributed by atoms with Gasteiger partial charge in [-0.1, -0.05) is 6.07 Å². The predicted molar refractivity (Wildman–Crippen MR) is 48.3 cm³/mol. The molecule has 2 aromatic rings. The molecule has 62 valence electrons. The molecule has 2 heterocycles. The number of hydrogen-bond donors (Lipinski definition) is 1. The molecule has 5 heteroatoms. The molecule has 0 aliphatic carbocycles. The van der Waals surface area contributed by atoms with Crippen molar-refractivity contribution in [3.63, 3.8) is 0 Å². The summed E-state index contributed by atoms with van der Waals surface area (Å²) in [7, 11) is 0. The fourth-order valence-corrected chi connectivity index (χ4v) is 2.36. The summed E-state index contributed by atoms with van der Waals surface area (Å²) in [5.41, 5.74) is 1.69. The first-order valence-corrected chi connectivity index (χ1v) is 4.98. The molecule has 0 aliphatic heterocycles. The Bertz CT molecular complexity index is 361. The van der Waals surface area contributed by atoms with Gasteiger partial charge in [-0.05, 0) is 22.8 Å². The number of aromatic nitrogens is 1. The van der Waals surface area contributed by atoms with Gasteiger partial charge in [0.2, 0.25) is 5.51 Å². The predicted octanol–water partition coefficient (Wildman–Crippen LogP) is 1.82. The molecule has 0 spiro atoms. The van der Waals surface area contributed by atoms with Crippen molar-refractivity contribution in [2.75, 3.05) is 0 Å². The largest absolute Gasteiger partial charge is 0.618 e. The van der Waals surface area contributed by atoms with Gasteiger partial charge in [0.15, 0.2) is 0 Å². The van der Waals surface area contributed by atoms with E-state index in [0.717, 1.165) is 16.2 Å². The van der Waals surface area contributed by atoms with Crippen molar-refractivity contribution in [2.45, 2.75) is 0 Å². The molecule has 12 heavy (non-hydrogen) atoms. The lowest BCUT2D eigenvalue weighted by atomic mass is 10.4. The molecule has 0 fully saturated rings. The zero-order valence-corrected chi connectivity index (χ0v) is 7.56. The molecule has 0 unspecified atom stereocenters. The lowest BCUT2D eigenvalue weighted by Gasteiger charge is -1.93. The zero-order valence-electron chi connectivity index (χ0n) is 5.93. The molecule has 1 N–H and O–H groups in total. The second-order valence-corrected chi connectivity index (χ2v) is 3.96. The average Bonchev–Trinajstić information content (AvgIpc) is 2.61. The van der Waals surface area contributed by atoms with Crippen LogP contribution >= 0.6 is 22.7 Å². The van der Waals surface area contributed by atoms with Gasteiger partial charge < -0.3 is 10.3 Å². The molecule has 0 radical (unpaired) electrons. The van der Waals surface area contributed by atoms with Crippen LogP contribution in [-0.4, -0.2) is 5.11 Å². The van der Waals surface area contributed by atoms with E-state index in [9.17, 15) is 10.3 Å². The Morgan fingerprint density at radius 3 is 2.75 bits per heavy atom. The molecule has 3 nitrogen and oxygen atoms in total. The van der Waals surface area contributed by atoms with Gasteiger partial charge in [0.1, 0.15) is 4.88 Å². The number of hydrogen-bond acceptors (Lipinski definition) is 4. The molecule has 0 saturated carbocycles. The van der Waals surface area contributed by atoms with Gasteiger partial charge in [0.25, 0.3) is 10.8 Å². The number of thiazole rings is 1. The van der Waals surface area contributed by atoms with Crippen LogP contribution in [0.15, 0.2) is 23.0 Å². The summed E-state index contributed by atoms with van der Waals surface area (Å²) >= 11 is 2.48. The maximum Gasteiger partial charge on any atom is 0.287 e. The highest BCUT2D eigenvalue weighted by molar-refractivity contribution is 7.15. The Balaban J connectivity index is 2.60. The molecular weight excluding hydrogens is 194 g/mol. The van der Waals surface area contributed by atoms with Gasteiger partial charge in [-0.15, -0.1) is 11.3 Å². The second kappa shape index (κ2) is 2.76. The van der Waals surface area contributed by atoms with Gasteiger partial charge in [0.05, 0.1) is 0 Å². The van der Waals surface area contributed by atoms with Crippen LogP contribution < -0.4 is 4.73 Å². The first-order valence-electron chi connectivity index (χ1n) is 3.22. The minimum absolute atomic E-state index is 0.0763. The van der Waals surface area contributed by atoms with E-state index >= 15 is 0 Å².